The Morgan fingerprint density at radius 1 is 1.47 bits per heavy atom. The highest BCUT2D eigenvalue weighted by Gasteiger charge is 2.06. The van der Waals surface area contributed by atoms with Crippen molar-refractivity contribution < 1.29 is 0 Å². The maximum Gasteiger partial charge on any atom is 0.130 e. The Morgan fingerprint density at radius 3 is 2.80 bits per heavy atom. The van der Waals surface area contributed by atoms with Crippen LogP contribution < -0.4 is 11.1 Å². The zero-order valence-corrected chi connectivity index (χ0v) is 10.2. The van der Waals surface area contributed by atoms with Gasteiger partial charge in [-0.1, -0.05) is 0 Å². The van der Waals surface area contributed by atoms with E-state index in [1.54, 1.807) is 18.1 Å². The number of aromatic nitrogens is 2. The first-order valence-corrected chi connectivity index (χ1v) is 6.22. The van der Waals surface area contributed by atoms with Crippen LogP contribution in [0.5, 0.6) is 0 Å². The summed E-state index contributed by atoms with van der Waals surface area (Å²) in [6.45, 7) is 4.11. The van der Waals surface area contributed by atoms with E-state index >= 15 is 0 Å². The van der Waals surface area contributed by atoms with Gasteiger partial charge < -0.3 is 11.1 Å². The van der Waals surface area contributed by atoms with Crippen LogP contribution in [0, 0.1) is 0 Å². The predicted octanol–water partition coefficient (Wildman–Crippen LogP) is 1.74. The molecule has 0 aromatic carbocycles. The molecule has 2 unspecified atom stereocenters. The molecule has 0 fully saturated rings. The molecule has 1 aromatic heterocycles. The molecule has 3 N–H and O–H groups in total. The monoisotopic (exact) mass is 226 g/mol. The van der Waals surface area contributed by atoms with Crippen LogP contribution in [0.4, 0.5) is 5.82 Å². The van der Waals surface area contributed by atoms with Gasteiger partial charge >= 0.3 is 0 Å². The van der Waals surface area contributed by atoms with E-state index in [4.69, 9.17) is 5.73 Å². The number of thioether (sulfide) groups is 1. The Kier molecular flexibility index (Phi) is 4.84. The van der Waals surface area contributed by atoms with Gasteiger partial charge in [-0.3, -0.25) is 0 Å². The van der Waals surface area contributed by atoms with Crippen LogP contribution in [0.3, 0.4) is 0 Å². The Bertz CT molecular complexity index is 303. The third-order valence-electron chi connectivity index (χ3n) is 1.97. The lowest BCUT2D eigenvalue weighted by molar-refractivity contribution is 0.603. The van der Waals surface area contributed by atoms with Gasteiger partial charge in [-0.05, 0) is 26.5 Å². The molecule has 5 heteroatoms. The first kappa shape index (κ1) is 12.3. The van der Waals surface area contributed by atoms with Gasteiger partial charge in [-0.25, -0.2) is 9.97 Å². The molecule has 0 amide bonds. The van der Waals surface area contributed by atoms with E-state index in [2.05, 4.69) is 22.2 Å². The molecule has 0 radical (unpaired) electrons. The maximum absolute atomic E-state index is 5.73. The highest BCUT2D eigenvalue weighted by atomic mass is 32.2. The lowest BCUT2D eigenvalue weighted by Gasteiger charge is -2.16. The maximum atomic E-state index is 5.73. The first-order chi connectivity index (χ1) is 7.11. The molecule has 0 saturated carbocycles. The van der Waals surface area contributed by atoms with Crippen LogP contribution in [0.2, 0.25) is 0 Å². The molecule has 15 heavy (non-hydrogen) atoms. The minimum atomic E-state index is 0.203. The number of anilines is 1. The van der Waals surface area contributed by atoms with Crippen molar-refractivity contribution in [2.75, 3.05) is 11.6 Å². The fraction of sp³-hybridized carbons (Fsp3) is 0.600. The summed E-state index contributed by atoms with van der Waals surface area (Å²) in [6, 6.07) is 2.48. The summed E-state index contributed by atoms with van der Waals surface area (Å²) in [4.78, 5) is 8.27. The van der Waals surface area contributed by atoms with Gasteiger partial charge in [0, 0.05) is 18.2 Å². The van der Waals surface area contributed by atoms with Gasteiger partial charge in [0.15, 0.2) is 0 Å². The molecule has 0 bridgehead atoms. The standard InChI is InChI=1S/C10H18N4S/c1-7(11)4-8(2)14-9-5-10(15-3)13-6-12-9/h5-8H,4,11H2,1-3H3,(H,12,13,14). The molecule has 1 rings (SSSR count). The van der Waals surface area contributed by atoms with Crippen molar-refractivity contribution >= 4 is 17.6 Å². The van der Waals surface area contributed by atoms with Crippen molar-refractivity contribution in [1.29, 1.82) is 0 Å². The molecule has 1 aromatic rings. The topological polar surface area (TPSA) is 63.8 Å². The average molecular weight is 226 g/mol. The van der Waals surface area contributed by atoms with Crippen LogP contribution in [0.15, 0.2) is 17.4 Å². The molecule has 0 saturated heterocycles. The zero-order chi connectivity index (χ0) is 11.3. The minimum absolute atomic E-state index is 0.203. The molecule has 0 aliphatic rings. The Morgan fingerprint density at radius 2 is 2.20 bits per heavy atom. The summed E-state index contributed by atoms with van der Waals surface area (Å²) in [5.41, 5.74) is 5.73. The van der Waals surface area contributed by atoms with Crippen LogP contribution in [0.1, 0.15) is 20.3 Å². The summed E-state index contributed by atoms with van der Waals surface area (Å²) >= 11 is 1.61. The predicted molar refractivity (Wildman–Crippen MR) is 65.2 cm³/mol. The summed E-state index contributed by atoms with van der Waals surface area (Å²) in [5, 5.41) is 4.28. The second kappa shape index (κ2) is 5.92. The number of rotatable bonds is 5. The second-order valence-electron chi connectivity index (χ2n) is 3.70. The SMILES string of the molecule is CSc1cc(NC(C)CC(C)N)ncn1. The molecule has 0 aliphatic heterocycles. The third kappa shape index (κ3) is 4.48. The average Bonchev–Trinajstić information content (AvgIpc) is 2.16. The first-order valence-electron chi connectivity index (χ1n) is 5.00. The second-order valence-corrected chi connectivity index (χ2v) is 4.53. The molecule has 4 nitrogen and oxygen atoms in total. The lowest BCUT2D eigenvalue weighted by atomic mass is 10.1. The number of hydrogen-bond donors (Lipinski definition) is 2. The fourth-order valence-corrected chi connectivity index (χ4v) is 1.78. The largest absolute Gasteiger partial charge is 0.367 e. The highest BCUT2D eigenvalue weighted by Crippen LogP contribution is 2.14. The van der Waals surface area contributed by atoms with Crippen molar-refractivity contribution in [3.8, 4) is 0 Å². The lowest BCUT2D eigenvalue weighted by Crippen LogP contribution is -2.26. The Balaban J connectivity index is 2.55. The fourth-order valence-electron chi connectivity index (χ4n) is 1.40. The van der Waals surface area contributed by atoms with Crippen LogP contribution in [0.25, 0.3) is 0 Å². The number of nitrogens with two attached hydrogens (primary N) is 1. The van der Waals surface area contributed by atoms with Gasteiger partial charge in [0.1, 0.15) is 17.2 Å². The quantitative estimate of drug-likeness (QED) is 0.591. The molecule has 2 atom stereocenters. The Hall–Kier alpha value is -0.810. The van der Waals surface area contributed by atoms with E-state index in [9.17, 15) is 0 Å². The van der Waals surface area contributed by atoms with Gasteiger partial charge in [0.2, 0.25) is 0 Å². The molecule has 0 aliphatic carbocycles. The molecule has 0 spiro atoms. The van der Waals surface area contributed by atoms with Crippen molar-refractivity contribution in [3.63, 3.8) is 0 Å². The van der Waals surface area contributed by atoms with Gasteiger partial charge in [0.25, 0.3) is 0 Å². The number of nitrogens with one attached hydrogen (secondary N) is 1. The normalized spacial score (nSPS) is 14.7. The van der Waals surface area contributed by atoms with Crippen molar-refractivity contribution in [2.45, 2.75) is 37.4 Å². The van der Waals surface area contributed by atoms with E-state index in [0.29, 0.717) is 6.04 Å². The van der Waals surface area contributed by atoms with Crippen LogP contribution in [-0.4, -0.2) is 28.3 Å². The molecular formula is C10H18N4S. The van der Waals surface area contributed by atoms with Crippen LogP contribution >= 0.6 is 11.8 Å². The summed E-state index contributed by atoms with van der Waals surface area (Å²) < 4.78 is 0. The van der Waals surface area contributed by atoms with Crippen molar-refractivity contribution in [3.05, 3.63) is 12.4 Å². The van der Waals surface area contributed by atoms with Crippen LogP contribution in [-0.2, 0) is 0 Å². The highest BCUT2D eigenvalue weighted by molar-refractivity contribution is 7.98. The van der Waals surface area contributed by atoms with Crippen molar-refractivity contribution in [2.24, 2.45) is 5.73 Å². The third-order valence-corrected chi connectivity index (χ3v) is 2.61. The van der Waals surface area contributed by atoms with Gasteiger partial charge in [-0.2, -0.15) is 0 Å². The smallest absolute Gasteiger partial charge is 0.130 e. The Labute approximate surface area is 95.1 Å². The molecule has 84 valence electrons. The minimum Gasteiger partial charge on any atom is -0.367 e. The summed E-state index contributed by atoms with van der Waals surface area (Å²) in [7, 11) is 0. The zero-order valence-electron chi connectivity index (χ0n) is 9.40. The number of hydrogen-bond acceptors (Lipinski definition) is 5. The van der Waals surface area contributed by atoms with Gasteiger partial charge in [-0.15, -0.1) is 11.8 Å². The van der Waals surface area contributed by atoms with E-state index in [-0.39, 0.29) is 6.04 Å². The van der Waals surface area contributed by atoms with E-state index in [1.807, 2.05) is 19.2 Å². The van der Waals surface area contributed by atoms with E-state index < -0.39 is 0 Å². The van der Waals surface area contributed by atoms with Crippen molar-refractivity contribution in [1.82, 2.24) is 9.97 Å². The van der Waals surface area contributed by atoms with E-state index in [1.165, 1.54) is 0 Å². The molecule has 1 heterocycles. The number of nitrogens with zero attached hydrogens (tertiary/aromatic N) is 2. The van der Waals surface area contributed by atoms with E-state index in [0.717, 1.165) is 17.3 Å². The molecular weight excluding hydrogens is 208 g/mol. The van der Waals surface area contributed by atoms with Gasteiger partial charge in [0.05, 0.1) is 0 Å². The summed E-state index contributed by atoms with van der Waals surface area (Å²) in [6.07, 6.45) is 4.50. The summed E-state index contributed by atoms with van der Waals surface area (Å²) in [5.74, 6) is 0.863.